The first kappa shape index (κ1) is 29.2. The number of phenols is 3. The largest absolute Gasteiger partial charge is 0.508 e. The van der Waals surface area contributed by atoms with Gasteiger partial charge in [-0.05, 0) is 12.1 Å². The van der Waals surface area contributed by atoms with Gasteiger partial charge in [0.25, 0.3) is 0 Å². The van der Waals surface area contributed by atoms with Crippen molar-refractivity contribution in [2.75, 3.05) is 13.2 Å². The van der Waals surface area contributed by atoms with Crippen LogP contribution >= 0.6 is 0 Å². The maximum absolute atomic E-state index is 13.3. The van der Waals surface area contributed by atoms with Crippen molar-refractivity contribution in [2.24, 2.45) is 0 Å². The summed E-state index contributed by atoms with van der Waals surface area (Å²) in [6.07, 6.45) is -17.1. The molecule has 5 rings (SSSR count). The van der Waals surface area contributed by atoms with Gasteiger partial charge in [0.1, 0.15) is 82.3 Å². The van der Waals surface area contributed by atoms with Crippen LogP contribution in [0.15, 0.2) is 33.5 Å². The van der Waals surface area contributed by atoms with Gasteiger partial charge >= 0.3 is 0 Å². The molecule has 224 valence electrons. The smallest absolute Gasteiger partial charge is 0.229 e. The summed E-state index contributed by atoms with van der Waals surface area (Å²) in [4.78, 5) is 13.3. The maximum atomic E-state index is 13.3. The Morgan fingerprint density at radius 1 is 0.732 bits per heavy atom. The molecule has 0 amide bonds. The van der Waals surface area contributed by atoms with Crippen molar-refractivity contribution in [3.63, 3.8) is 0 Å². The zero-order valence-electron chi connectivity index (χ0n) is 20.9. The van der Waals surface area contributed by atoms with Crippen molar-refractivity contribution in [3.8, 4) is 23.0 Å². The molecule has 10 N–H and O–H groups in total. The number of fused-ring (bicyclic) bond motifs is 2. The molecule has 41 heavy (non-hydrogen) atoms. The monoisotopic (exact) mass is 584 g/mol. The fourth-order valence-corrected chi connectivity index (χ4v) is 4.86. The van der Waals surface area contributed by atoms with E-state index in [2.05, 4.69) is 0 Å². The van der Waals surface area contributed by atoms with Gasteiger partial charge in [0.15, 0.2) is 17.8 Å². The number of aliphatic hydroxyl groups is 7. The Kier molecular flexibility index (Phi) is 7.96. The van der Waals surface area contributed by atoms with Gasteiger partial charge in [-0.1, -0.05) is 0 Å². The summed E-state index contributed by atoms with van der Waals surface area (Å²) in [7, 11) is 0. The van der Waals surface area contributed by atoms with Crippen LogP contribution in [0.1, 0.15) is 0 Å². The fourth-order valence-electron chi connectivity index (χ4n) is 4.86. The third-order valence-corrected chi connectivity index (χ3v) is 7.05. The van der Waals surface area contributed by atoms with E-state index >= 15 is 0 Å². The van der Waals surface area contributed by atoms with Crippen molar-refractivity contribution in [1.29, 1.82) is 0 Å². The number of hydrogen-bond donors (Lipinski definition) is 10. The number of ether oxygens (including phenoxy) is 4. The average molecular weight is 584 g/mol. The number of phenolic OH excluding ortho intramolecular Hbond substituents is 3. The Morgan fingerprint density at radius 2 is 1.39 bits per heavy atom. The first-order valence-corrected chi connectivity index (χ1v) is 12.4. The van der Waals surface area contributed by atoms with Crippen molar-refractivity contribution in [3.05, 3.63) is 34.5 Å². The predicted molar refractivity (Wildman–Crippen MR) is 132 cm³/mol. The molecule has 2 aliphatic rings. The van der Waals surface area contributed by atoms with Crippen molar-refractivity contribution < 1.29 is 74.4 Å². The number of rotatable bonds is 6. The molecule has 0 spiro atoms. The third-order valence-electron chi connectivity index (χ3n) is 7.05. The van der Waals surface area contributed by atoms with Crippen LogP contribution in [0, 0.1) is 0 Å². The summed E-state index contributed by atoms with van der Waals surface area (Å²) in [6, 6.07) is 4.37. The molecule has 0 radical (unpaired) electrons. The summed E-state index contributed by atoms with van der Waals surface area (Å²) in [6.45, 7) is -1.60. The number of aromatic hydroxyl groups is 3. The van der Waals surface area contributed by atoms with Crippen LogP contribution in [0.5, 0.6) is 23.0 Å². The van der Waals surface area contributed by atoms with Crippen LogP contribution in [0.25, 0.3) is 21.9 Å². The van der Waals surface area contributed by atoms with Crippen molar-refractivity contribution >= 4 is 21.9 Å². The number of benzene rings is 2. The molecule has 16 nitrogen and oxygen atoms in total. The van der Waals surface area contributed by atoms with Gasteiger partial charge in [-0.3, -0.25) is 4.79 Å². The minimum Gasteiger partial charge on any atom is -0.508 e. The van der Waals surface area contributed by atoms with E-state index in [-0.39, 0.29) is 16.6 Å². The lowest BCUT2D eigenvalue weighted by atomic mass is 9.97. The Balaban J connectivity index is 1.45. The molecule has 2 saturated heterocycles. The van der Waals surface area contributed by atoms with Crippen molar-refractivity contribution in [2.45, 2.75) is 61.4 Å². The zero-order chi connectivity index (χ0) is 29.7. The van der Waals surface area contributed by atoms with Gasteiger partial charge < -0.3 is 74.4 Å². The first-order valence-electron chi connectivity index (χ1n) is 12.4. The van der Waals surface area contributed by atoms with Gasteiger partial charge in [-0.2, -0.15) is 0 Å². The minimum absolute atomic E-state index is 0.118. The van der Waals surface area contributed by atoms with Gasteiger partial charge in [-0.15, -0.1) is 0 Å². The Morgan fingerprint density at radius 3 is 2.07 bits per heavy atom. The van der Waals surface area contributed by atoms with Gasteiger partial charge in [-0.25, -0.2) is 0 Å². The summed E-state index contributed by atoms with van der Waals surface area (Å²) >= 11 is 0. The van der Waals surface area contributed by atoms with Crippen LogP contribution < -0.4 is 10.2 Å². The molecule has 2 fully saturated rings. The average Bonchev–Trinajstić information content (AvgIpc) is 2.94. The van der Waals surface area contributed by atoms with E-state index in [0.717, 1.165) is 18.2 Å². The van der Waals surface area contributed by atoms with E-state index in [1.54, 1.807) is 0 Å². The van der Waals surface area contributed by atoms with E-state index in [4.69, 9.17) is 23.4 Å². The first-order chi connectivity index (χ1) is 19.5. The predicted octanol–water partition coefficient (Wildman–Crippen LogP) is -2.93. The lowest BCUT2D eigenvalue weighted by Crippen LogP contribution is -2.65. The van der Waals surface area contributed by atoms with E-state index in [9.17, 15) is 55.9 Å². The molecular formula is C25H28O16. The van der Waals surface area contributed by atoms with Gasteiger partial charge in [0.05, 0.1) is 13.2 Å². The molecule has 10 atom stereocenters. The summed E-state index contributed by atoms with van der Waals surface area (Å²) in [5.74, 6) is -2.23. The van der Waals surface area contributed by atoms with E-state index < -0.39 is 108 Å². The summed E-state index contributed by atoms with van der Waals surface area (Å²) < 4.78 is 27.5. The molecule has 3 aromatic rings. The fraction of sp³-hybridized carbons (Fsp3) is 0.480. The highest BCUT2D eigenvalue weighted by Crippen LogP contribution is 2.38. The maximum Gasteiger partial charge on any atom is 0.229 e. The van der Waals surface area contributed by atoms with Crippen molar-refractivity contribution in [1.82, 2.24) is 0 Å². The SMILES string of the molecule is O=c1c2c(O[C@@H]3O[C@H](CO)[C@@H](O[C@@H]4O[C@H](CO)[C@@H](O)[C@H](O)[C@H]4O)[C@H](O)[C@H]3O)cc(O)cc2oc2ccc(O)c(O)c12. The van der Waals surface area contributed by atoms with Crippen LogP contribution in [0.3, 0.4) is 0 Å². The van der Waals surface area contributed by atoms with Crippen LogP contribution in [0.2, 0.25) is 0 Å². The summed E-state index contributed by atoms with van der Waals surface area (Å²) in [5, 5.41) is 101. The van der Waals surface area contributed by atoms with E-state index in [1.165, 1.54) is 6.07 Å². The summed E-state index contributed by atoms with van der Waals surface area (Å²) in [5.41, 5.74) is -1.19. The van der Waals surface area contributed by atoms with Crippen LogP contribution in [-0.4, -0.2) is 126 Å². The molecule has 2 aliphatic heterocycles. The van der Waals surface area contributed by atoms with Crippen LogP contribution in [-0.2, 0) is 14.2 Å². The second-order valence-corrected chi connectivity index (χ2v) is 9.68. The molecule has 2 aromatic carbocycles. The quantitative estimate of drug-likeness (QED) is 0.103. The van der Waals surface area contributed by atoms with Gasteiger partial charge in [0.2, 0.25) is 11.7 Å². The lowest BCUT2D eigenvalue weighted by molar-refractivity contribution is -0.352. The lowest BCUT2D eigenvalue weighted by Gasteiger charge is -2.45. The molecule has 1 aromatic heterocycles. The highest BCUT2D eigenvalue weighted by atomic mass is 16.7. The molecular weight excluding hydrogens is 556 g/mol. The molecule has 3 heterocycles. The third kappa shape index (κ3) is 5.04. The topological polar surface area (TPSA) is 269 Å². The van der Waals surface area contributed by atoms with Gasteiger partial charge in [0, 0.05) is 12.1 Å². The Labute approximate surface area is 229 Å². The molecule has 16 heteroatoms. The molecule has 0 unspecified atom stereocenters. The number of aliphatic hydroxyl groups excluding tert-OH is 7. The molecule has 0 saturated carbocycles. The number of hydrogen-bond acceptors (Lipinski definition) is 16. The normalized spacial score (nSPS) is 34.2. The van der Waals surface area contributed by atoms with Crippen LogP contribution in [0.4, 0.5) is 0 Å². The Bertz CT molecular complexity index is 1470. The zero-order valence-corrected chi connectivity index (χ0v) is 20.9. The van der Waals surface area contributed by atoms with E-state index in [1.807, 2.05) is 0 Å². The molecule has 0 bridgehead atoms. The minimum atomic E-state index is -1.95. The highest BCUT2D eigenvalue weighted by molar-refractivity contribution is 5.97. The molecule has 0 aliphatic carbocycles. The highest BCUT2D eigenvalue weighted by Gasteiger charge is 2.51. The van der Waals surface area contributed by atoms with E-state index in [0.29, 0.717) is 0 Å². The standard InChI is InChI=1S/C25H28O16/c26-5-12-17(31)19(33)21(35)25(39-12)41-23-13(6-27)40-24(22(36)20(23)34)38-11-4-7(28)3-10-14(11)18(32)15-9(37-10)2-1-8(29)16(15)30/h1-4,12-13,17,19-31,33-36H,5-6H2/t12-,13-,17-,19+,20-,21-,22-,23-,24-,25+/m1/s1. The second-order valence-electron chi connectivity index (χ2n) is 9.68. The Hall–Kier alpha value is -3.29. The second kappa shape index (κ2) is 11.2.